The molecule has 5 heteroatoms. The highest BCUT2D eigenvalue weighted by Gasteiger charge is 2.17. The van der Waals surface area contributed by atoms with Crippen molar-refractivity contribution in [2.45, 2.75) is 51.6 Å². The maximum atomic E-state index is 12.3. The minimum atomic E-state index is 0.0540. The summed E-state index contributed by atoms with van der Waals surface area (Å²) in [5.74, 6) is 0.934. The Morgan fingerprint density at radius 1 is 1.29 bits per heavy atom. The largest absolute Gasteiger partial charge is 0.353 e. The van der Waals surface area contributed by atoms with Gasteiger partial charge in [-0.3, -0.25) is 4.79 Å². The van der Waals surface area contributed by atoms with Crippen LogP contribution in [-0.4, -0.2) is 46.5 Å². The van der Waals surface area contributed by atoms with Crippen LogP contribution in [-0.2, 0) is 11.3 Å². The summed E-state index contributed by atoms with van der Waals surface area (Å²) in [5, 5.41) is 3.05. The van der Waals surface area contributed by atoms with E-state index in [1.54, 1.807) is 0 Å². The number of aryl methyl sites for hydroxylation is 1. The summed E-state index contributed by atoms with van der Waals surface area (Å²) in [4.78, 5) is 19.2. The molecular formula is C19H28N4O. The van der Waals surface area contributed by atoms with E-state index in [4.69, 9.17) is 0 Å². The van der Waals surface area contributed by atoms with E-state index in [1.807, 2.05) is 35.8 Å². The van der Waals surface area contributed by atoms with E-state index in [0.29, 0.717) is 19.1 Å². The van der Waals surface area contributed by atoms with Crippen LogP contribution in [0.1, 0.15) is 37.9 Å². The summed E-state index contributed by atoms with van der Waals surface area (Å²) < 4.78 is 1.98. The third-order valence-corrected chi connectivity index (χ3v) is 5.13. The van der Waals surface area contributed by atoms with Crippen molar-refractivity contribution in [3.63, 3.8) is 0 Å². The van der Waals surface area contributed by atoms with E-state index < -0.39 is 0 Å². The molecule has 0 radical (unpaired) electrons. The summed E-state index contributed by atoms with van der Waals surface area (Å²) in [5.41, 5.74) is 1.96. The number of hydrogen-bond acceptors (Lipinski definition) is 3. The Balaban J connectivity index is 1.49. The van der Waals surface area contributed by atoms with Crippen molar-refractivity contribution in [1.82, 2.24) is 19.8 Å². The number of para-hydroxylation sites is 2. The zero-order chi connectivity index (χ0) is 16.9. The minimum Gasteiger partial charge on any atom is -0.353 e. The van der Waals surface area contributed by atoms with Gasteiger partial charge in [-0.05, 0) is 38.9 Å². The van der Waals surface area contributed by atoms with E-state index in [-0.39, 0.29) is 5.91 Å². The van der Waals surface area contributed by atoms with E-state index in [0.717, 1.165) is 23.4 Å². The fourth-order valence-electron chi connectivity index (χ4n) is 3.67. The number of likely N-dealkylation sites (N-methyl/N-ethyl adjacent to an activating group) is 1. The fourth-order valence-corrected chi connectivity index (χ4v) is 3.67. The molecule has 2 aromatic rings. The van der Waals surface area contributed by atoms with Gasteiger partial charge in [-0.2, -0.15) is 0 Å². The van der Waals surface area contributed by atoms with Crippen LogP contribution in [0.2, 0.25) is 0 Å². The van der Waals surface area contributed by atoms with Crippen molar-refractivity contribution in [3.8, 4) is 0 Å². The molecule has 1 amide bonds. The number of amides is 1. The minimum absolute atomic E-state index is 0.0540. The highest BCUT2D eigenvalue weighted by Crippen LogP contribution is 2.21. The third kappa shape index (κ3) is 3.96. The lowest BCUT2D eigenvalue weighted by Gasteiger charge is -2.31. The molecule has 1 heterocycles. The van der Waals surface area contributed by atoms with E-state index in [2.05, 4.69) is 22.2 Å². The fraction of sp³-hybridized carbons (Fsp3) is 0.579. The molecule has 1 aliphatic rings. The molecule has 0 atom stereocenters. The van der Waals surface area contributed by atoms with Crippen LogP contribution in [0.3, 0.4) is 0 Å². The number of aromatic nitrogens is 2. The second kappa shape index (κ2) is 7.79. The van der Waals surface area contributed by atoms with Gasteiger partial charge in [-0.15, -0.1) is 0 Å². The average molecular weight is 328 g/mol. The van der Waals surface area contributed by atoms with Gasteiger partial charge in [-0.25, -0.2) is 4.98 Å². The lowest BCUT2D eigenvalue weighted by molar-refractivity contribution is -0.121. The van der Waals surface area contributed by atoms with Crippen LogP contribution in [0.25, 0.3) is 11.0 Å². The van der Waals surface area contributed by atoms with Gasteiger partial charge in [0.15, 0.2) is 0 Å². The Labute approximate surface area is 144 Å². The second-order valence-corrected chi connectivity index (χ2v) is 6.86. The Kier molecular flexibility index (Phi) is 5.51. The molecule has 5 nitrogen and oxygen atoms in total. The molecule has 0 aliphatic heterocycles. The number of benzene rings is 1. The van der Waals surface area contributed by atoms with Crippen LogP contribution in [0, 0.1) is 6.92 Å². The molecule has 24 heavy (non-hydrogen) atoms. The maximum Gasteiger partial charge on any atom is 0.240 e. The van der Waals surface area contributed by atoms with Crippen molar-refractivity contribution in [1.29, 1.82) is 0 Å². The van der Waals surface area contributed by atoms with Crippen LogP contribution < -0.4 is 5.32 Å². The number of hydrogen-bond donors (Lipinski definition) is 1. The maximum absolute atomic E-state index is 12.3. The van der Waals surface area contributed by atoms with Crippen LogP contribution in [0.15, 0.2) is 24.3 Å². The first-order valence-corrected chi connectivity index (χ1v) is 9.04. The first-order valence-electron chi connectivity index (χ1n) is 9.04. The topological polar surface area (TPSA) is 50.2 Å². The first kappa shape index (κ1) is 17.0. The SMILES string of the molecule is Cc1nc2ccccc2n1CC(=O)NCCN(C)C1CCCCC1. The van der Waals surface area contributed by atoms with Crippen LogP contribution in [0.5, 0.6) is 0 Å². The zero-order valence-electron chi connectivity index (χ0n) is 14.8. The Bertz CT molecular complexity index is 688. The molecule has 1 fully saturated rings. The van der Waals surface area contributed by atoms with Gasteiger partial charge < -0.3 is 14.8 Å². The summed E-state index contributed by atoms with van der Waals surface area (Å²) in [7, 11) is 2.18. The molecule has 3 rings (SSSR count). The van der Waals surface area contributed by atoms with Gasteiger partial charge in [-0.1, -0.05) is 31.4 Å². The number of rotatable bonds is 6. The van der Waals surface area contributed by atoms with Gasteiger partial charge >= 0.3 is 0 Å². The van der Waals surface area contributed by atoms with Gasteiger partial charge in [0.2, 0.25) is 5.91 Å². The van der Waals surface area contributed by atoms with Crippen molar-refractivity contribution in [3.05, 3.63) is 30.1 Å². The monoisotopic (exact) mass is 328 g/mol. The summed E-state index contributed by atoms with van der Waals surface area (Å²) in [6, 6.07) is 8.64. The van der Waals surface area contributed by atoms with Crippen molar-refractivity contribution in [2.24, 2.45) is 0 Å². The highest BCUT2D eigenvalue weighted by atomic mass is 16.1. The molecule has 1 aliphatic carbocycles. The summed E-state index contributed by atoms with van der Waals surface area (Å²) in [6.07, 6.45) is 6.65. The summed E-state index contributed by atoms with van der Waals surface area (Å²) >= 11 is 0. The number of nitrogens with zero attached hydrogens (tertiary/aromatic N) is 3. The second-order valence-electron chi connectivity index (χ2n) is 6.86. The van der Waals surface area contributed by atoms with Gasteiger partial charge in [0, 0.05) is 19.1 Å². The standard InChI is InChI=1S/C19H28N4O/c1-15-21-17-10-6-7-11-18(17)23(15)14-19(24)20-12-13-22(2)16-8-4-3-5-9-16/h6-7,10-11,16H,3-5,8-9,12-14H2,1-2H3,(H,20,24). The molecule has 0 bridgehead atoms. The van der Waals surface area contributed by atoms with E-state index >= 15 is 0 Å². The van der Waals surface area contributed by atoms with Crippen molar-refractivity contribution in [2.75, 3.05) is 20.1 Å². The van der Waals surface area contributed by atoms with Crippen LogP contribution >= 0.6 is 0 Å². The molecule has 0 spiro atoms. The van der Waals surface area contributed by atoms with Gasteiger partial charge in [0.1, 0.15) is 12.4 Å². The quantitative estimate of drug-likeness (QED) is 0.887. The Morgan fingerprint density at radius 2 is 2.04 bits per heavy atom. The smallest absolute Gasteiger partial charge is 0.240 e. The summed E-state index contributed by atoms with van der Waals surface area (Å²) in [6.45, 7) is 3.90. The lowest BCUT2D eigenvalue weighted by atomic mass is 9.94. The molecule has 130 valence electrons. The predicted molar refractivity (Wildman–Crippen MR) is 97.0 cm³/mol. The predicted octanol–water partition coefficient (Wildman–Crippen LogP) is 2.73. The number of imidazole rings is 1. The Morgan fingerprint density at radius 3 is 2.83 bits per heavy atom. The highest BCUT2D eigenvalue weighted by molar-refractivity contribution is 5.81. The molecule has 0 unspecified atom stereocenters. The lowest BCUT2D eigenvalue weighted by Crippen LogP contribution is -2.40. The molecule has 1 aromatic heterocycles. The Hall–Kier alpha value is -1.88. The number of nitrogens with one attached hydrogen (secondary N) is 1. The van der Waals surface area contributed by atoms with E-state index in [9.17, 15) is 4.79 Å². The zero-order valence-corrected chi connectivity index (χ0v) is 14.8. The number of carbonyl (C=O) groups is 1. The number of fused-ring (bicyclic) bond motifs is 1. The molecule has 1 aromatic carbocycles. The van der Waals surface area contributed by atoms with Crippen LogP contribution in [0.4, 0.5) is 0 Å². The third-order valence-electron chi connectivity index (χ3n) is 5.13. The average Bonchev–Trinajstić information content (AvgIpc) is 2.91. The molecule has 1 saturated carbocycles. The molecular weight excluding hydrogens is 300 g/mol. The van der Waals surface area contributed by atoms with E-state index in [1.165, 1.54) is 32.1 Å². The molecule has 1 N–H and O–H groups in total. The first-order chi connectivity index (χ1) is 11.6. The molecule has 0 saturated heterocycles. The van der Waals surface area contributed by atoms with Gasteiger partial charge in [0.25, 0.3) is 0 Å². The number of carbonyl (C=O) groups excluding carboxylic acids is 1. The normalized spacial score (nSPS) is 16.0. The van der Waals surface area contributed by atoms with Crippen molar-refractivity contribution < 1.29 is 4.79 Å². The van der Waals surface area contributed by atoms with Gasteiger partial charge in [0.05, 0.1) is 11.0 Å². The van der Waals surface area contributed by atoms with Crippen molar-refractivity contribution >= 4 is 16.9 Å².